The first-order valence-electron chi connectivity index (χ1n) is 7.63. The van der Waals surface area contributed by atoms with Gasteiger partial charge in [0.25, 0.3) is 0 Å². The molecule has 0 spiro atoms. The summed E-state index contributed by atoms with van der Waals surface area (Å²) in [6.07, 6.45) is 12.9. The van der Waals surface area contributed by atoms with Crippen LogP contribution in [0.4, 0.5) is 0 Å². The van der Waals surface area contributed by atoms with E-state index in [0.29, 0.717) is 6.42 Å². The molecule has 0 radical (unpaired) electrons. The van der Waals surface area contributed by atoms with Gasteiger partial charge in [0.2, 0.25) is 0 Å². The van der Waals surface area contributed by atoms with Crippen LogP contribution < -0.4 is 0 Å². The lowest BCUT2D eigenvalue weighted by Gasteiger charge is -2.05. The van der Waals surface area contributed by atoms with Crippen molar-refractivity contribution in [2.24, 2.45) is 0 Å². The lowest BCUT2D eigenvalue weighted by atomic mass is 10.1. The highest BCUT2D eigenvalue weighted by Crippen LogP contribution is 2.06. The fourth-order valence-corrected chi connectivity index (χ4v) is 1.66. The number of carbonyl (C=O) groups is 1. The van der Waals surface area contributed by atoms with Gasteiger partial charge in [0.1, 0.15) is 0 Å². The summed E-state index contributed by atoms with van der Waals surface area (Å²) in [6, 6.07) is 0. The molecule has 0 saturated heterocycles. The van der Waals surface area contributed by atoms with Gasteiger partial charge in [0, 0.05) is 13.3 Å². The second-order valence-electron chi connectivity index (χ2n) is 4.72. The highest BCUT2D eigenvalue weighted by atomic mass is 16.5. The molecular formula is C19H26O2. The van der Waals surface area contributed by atoms with Crippen LogP contribution in [0.2, 0.25) is 0 Å². The van der Waals surface area contributed by atoms with Crippen molar-refractivity contribution in [2.75, 3.05) is 0 Å². The summed E-state index contributed by atoms with van der Waals surface area (Å²) in [5, 5.41) is 0. The number of hydrogen-bond donors (Lipinski definition) is 0. The summed E-state index contributed by atoms with van der Waals surface area (Å²) in [5.41, 5.74) is 0. The van der Waals surface area contributed by atoms with Crippen LogP contribution in [0.3, 0.4) is 0 Å². The van der Waals surface area contributed by atoms with Crippen LogP contribution >= 0.6 is 0 Å². The Morgan fingerprint density at radius 2 is 2.00 bits per heavy atom. The molecule has 0 N–H and O–H groups in total. The fourth-order valence-electron chi connectivity index (χ4n) is 1.66. The topological polar surface area (TPSA) is 26.3 Å². The molecule has 0 aromatic carbocycles. The number of ether oxygens (including phenoxy) is 1. The molecule has 0 saturated carbocycles. The zero-order valence-corrected chi connectivity index (χ0v) is 13.3. The van der Waals surface area contributed by atoms with Crippen molar-refractivity contribution in [3.05, 3.63) is 24.8 Å². The molecular weight excluding hydrogens is 260 g/mol. The standard InChI is InChI=1S/C19H26O2/c1-4-6-8-10-11-13-15-17-19(21-18(3)20)16-14-12-9-7-5-2/h5,15,17,19H,2,4,6-8,10-11,13H2,1,3H3/b17-15-/t19-/m1/s1. The second-order valence-corrected chi connectivity index (χ2v) is 4.72. The lowest BCUT2D eigenvalue weighted by Crippen LogP contribution is -2.11. The predicted molar refractivity (Wildman–Crippen MR) is 88.4 cm³/mol. The quantitative estimate of drug-likeness (QED) is 0.271. The first-order chi connectivity index (χ1) is 10.2. The molecule has 0 amide bonds. The van der Waals surface area contributed by atoms with E-state index in [2.05, 4.69) is 37.2 Å². The first-order valence-corrected chi connectivity index (χ1v) is 7.63. The van der Waals surface area contributed by atoms with E-state index in [1.165, 1.54) is 32.6 Å². The molecule has 114 valence electrons. The maximum atomic E-state index is 11.0. The smallest absolute Gasteiger partial charge is 0.304 e. The summed E-state index contributed by atoms with van der Waals surface area (Å²) < 4.78 is 5.11. The molecule has 1 atom stereocenters. The third-order valence-electron chi connectivity index (χ3n) is 2.69. The van der Waals surface area contributed by atoms with Crippen LogP contribution in [0, 0.1) is 23.7 Å². The average Bonchev–Trinajstić information content (AvgIpc) is 2.45. The van der Waals surface area contributed by atoms with E-state index in [9.17, 15) is 4.79 Å². The Morgan fingerprint density at radius 1 is 1.24 bits per heavy atom. The maximum Gasteiger partial charge on any atom is 0.304 e. The van der Waals surface area contributed by atoms with Crippen molar-refractivity contribution in [3.63, 3.8) is 0 Å². The van der Waals surface area contributed by atoms with Gasteiger partial charge in [-0.3, -0.25) is 4.79 Å². The highest BCUT2D eigenvalue weighted by molar-refractivity contribution is 5.66. The molecule has 0 heterocycles. The Hall–Kier alpha value is -1.93. The zero-order chi connectivity index (χ0) is 15.8. The zero-order valence-electron chi connectivity index (χ0n) is 13.3. The highest BCUT2D eigenvalue weighted by Gasteiger charge is 2.02. The minimum absolute atomic E-state index is 0.332. The van der Waals surface area contributed by atoms with Gasteiger partial charge in [-0.2, -0.15) is 0 Å². The van der Waals surface area contributed by atoms with Gasteiger partial charge in [-0.25, -0.2) is 0 Å². The van der Waals surface area contributed by atoms with Gasteiger partial charge in [0.15, 0.2) is 6.10 Å². The number of rotatable bonds is 9. The number of hydrogen-bond acceptors (Lipinski definition) is 2. The summed E-state index contributed by atoms with van der Waals surface area (Å²) in [5.74, 6) is 10.7. The summed E-state index contributed by atoms with van der Waals surface area (Å²) in [6.45, 7) is 7.17. The second kappa shape index (κ2) is 14.5. The van der Waals surface area contributed by atoms with Crippen molar-refractivity contribution in [2.45, 2.75) is 64.9 Å². The van der Waals surface area contributed by atoms with E-state index >= 15 is 0 Å². The van der Waals surface area contributed by atoms with Crippen molar-refractivity contribution < 1.29 is 9.53 Å². The van der Waals surface area contributed by atoms with Crippen LogP contribution in [-0.4, -0.2) is 12.1 Å². The Bertz CT molecular complexity index is 438. The van der Waals surface area contributed by atoms with Crippen LogP contribution in [0.25, 0.3) is 0 Å². The molecule has 0 rings (SSSR count). The molecule has 0 aliphatic heterocycles. The van der Waals surface area contributed by atoms with Crippen molar-refractivity contribution in [3.8, 4) is 23.7 Å². The maximum absolute atomic E-state index is 11.0. The summed E-state index contributed by atoms with van der Waals surface area (Å²) >= 11 is 0. The van der Waals surface area contributed by atoms with E-state index in [0.717, 1.165) is 12.8 Å². The Morgan fingerprint density at radius 3 is 2.67 bits per heavy atom. The van der Waals surface area contributed by atoms with E-state index in [1.54, 1.807) is 6.08 Å². The summed E-state index contributed by atoms with van der Waals surface area (Å²) in [4.78, 5) is 11.0. The van der Waals surface area contributed by atoms with E-state index in [-0.39, 0.29) is 5.97 Å². The summed E-state index contributed by atoms with van der Waals surface area (Å²) in [7, 11) is 0. The third kappa shape index (κ3) is 14.3. The molecule has 0 aliphatic carbocycles. The monoisotopic (exact) mass is 286 g/mol. The number of carbonyl (C=O) groups excluding carboxylic acids is 1. The van der Waals surface area contributed by atoms with Gasteiger partial charge in [-0.15, -0.1) is 6.58 Å². The van der Waals surface area contributed by atoms with Crippen LogP contribution in [0.5, 0.6) is 0 Å². The average molecular weight is 286 g/mol. The van der Waals surface area contributed by atoms with E-state index in [4.69, 9.17) is 4.74 Å². The van der Waals surface area contributed by atoms with Crippen molar-refractivity contribution in [1.29, 1.82) is 0 Å². The van der Waals surface area contributed by atoms with Crippen molar-refractivity contribution in [1.82, 2.24) is 0 Å². The Kier molecular flexibility index (Phi) is 13.1. The lowest BCUT2D eigenvalue weighted by molar-refractivity contribution is -0.142. The number of allylic oxidation sites excluding steroid dienone is 2. The molecule has 0 aromatic heterocycles. The Labute approximate surface area is 129 Å². The van der Waals surface area contributed by atoms with E-state index in [1.807, 2.05) is 12.2 Å². The third-order valence-corrected chi connectivity index (χ3v) is 2.69. The molecule has 2 nitrogen and oxygen atoms in total. The van der Waals surface area contributed by atoms with Gasteiger partial charge in [0.05, 0.1) is 0 Å². The first kappa shape index (κ1) is 19.1. The van der Waals surface area contributed by atoms with Gasteiger partial charge in [-0.1, -0.05) is 50.7 Å². The number of unbranched alkanes of at least 4 members (excludes halogenated alkanes) is 5. The van der Waals surface area contributed by atoms with Gasteiger partial charge < -0.3 is 4.74 Å². The minimum atomic E-state index is -0.504. The SMILES string of the molecule is C=CCC#CC#C[C@H](/C=C\CCCCCCC)OC(C)=O. The normalized spacial score (nSPS) is 11.0. The van der Waals surface area contributed by atoms with Crippen LogP contribution in [0.1, 0.15) is 58.8 Å². The van der Waals surface area contributed by atoms with Crippen LogP contribution in [0.15, 0.2) is 24.8 Å². The van der Waals surface area contributed by atoms with Gasteiger partial charge >= 0.3 is 5.97 Å². The molecule has 0 unspecified atom stereocenters. The fraction of sp³-hybridized carbons (Fsp3) is 0.526. The minimum Gasteiger partial charge on any atom is -0.445 e. The molecule has 0 fully saturated rings. The van der Waals surface area contributed by atoms with Crippen molar-refractivity contribution >= 4 is 5.97 Å². The van der Waals surface area contributed by atoms with E-state index < -0.39 is 6.10 Å². The predicted octanol–water partition coefficient (Wildman–Crippen LogP) is 4.42. The molecule has 0 bridgehead atoms. The number of esters is 1. The molecule has 0 aromatic rings. The van der Waals surface area contributed by atoms with Crippen LogP contribution in [-0.2, 0) is 9.53 Å². The molecule has 2 heteroatoms. The largest absolute Gasteiger partial charge is 0.445 e. The molecule has 21 heavy (non-hydrogen) atoms. The Balaban J connectivity index is 4.20. The molecule has 0 aliphatic rings. The van der Waals surface area contributed by atoms with Gasteiger partial charge in [-0.05, 0) is 36.7 Å².